The van der Waals surface area contributed by atoms with Crippen LogP contribution in [0.25, 0.3) is 0 Å². The second-order valence-corrected chi connectivity index (χ2v) is 6.25. The average Bonchev–Trinajstić information content (AvgIpc) is 2.76. The van der Waals surface area contributed by atoms with Gasteiger partial charge in [0, 0.05) is 23.9 Å². The Bertz CT molecular complexity index is 1150. The van der Waals surface area contributed by atoms with Gasteiger partial charge in [-0.1, -0.05) is 24.3 Å². The molecule has 0 saturated carbocycles. The van der Waals surface area contributed by atoms with E-state index in [0.717, 1.165) is 5.56 Å². The van der Waals surface area contributed by atoms with Crippen molar-refractivity contribution in [2.45, 2.75) is 6.54 Å². The van der Waals surface area contributed by atoms with Crippen LogP contribution in [0, 0.1) is 10.1 Å². The zero-order chi connectivity index (χ0) is 21.5. The number of hydrogen-bond acceptors (Lipinski definition) is 6. The van der Waals surface area contributed by atoms with Crippen LogP contribution >= 0.6 is 0 Å². The number of non-ortho nitro benzene ring substituents is 1. The summed E-state index contributed by atoms with van der Waals surface area (Å²) in [6.07, 6.45) is 2.86. The highest BCUT2D eigenvalue weighted by atomic mass is 16.6. The van der Waals surface area contributed by atoms with Crippen LogP contribution in [0.4, 0.5) is 5.69 Å². The topological polar surface area (TPSA) is 116 Å². The third-order valence-corrected chi connectivity index (χ3v) is 4.24. The molecule has 0 radical (unpaired) electrons. The van der Waals surface area contributed by atoms with Gasteiger partial charge in [0.15, 0.2) is 0 Å². The zero-order valence-electron chi connectivity index (χ0n) is 16.0. The van der Waals surface area contributed by atoms with Gasteiger partial charge < -0.3 is 9.30 Å². The largest absolute Gasteiger partial charge is 0.497 e. The first-order chi connectivity index (χ1) is 14.5. The van der Waals surface area contributed by atoms with Crippen LogP contribution in [0.5, 0.6) is 5.75 Å². The third-order valence-electron chi connectivity index (χ3n) is 4.24. The number of hydrogen-bond donors (Lipinski definition) is 1. The maximum Gasteiger partial charge on any atom is 0.276 e. The van der Waals surface area contributed by atoms with E-state index in [4.69, 9.17) is 4.74 Å². The lowest BCUT2D eigenvalue weighted by molar-refractivity contribution is -0.384. The minimum atomic E-state index is -0.675. The zero-order valence-corrected chi connectivity index (χ0v) is 16.0. The quantitative estimate of drug-likeness (QED) is 0.368. The van der Waals surface area contributed by atoms with Crippen molar-refractivity contribution in [3.05, 3.63) is 104 Å². The lowest BCUT2D eigenvalue weighted by Crippen LogP contribution is -2.30. The summed E-state index contributed by atoms with van der Waals surface area (Å²) in [5, 5.41) is 14.6. The molecule has 0 aliphatic carbocycles. The van der Waals surface area contributed by atoms with Crippen molar-refractivity contribution < 1.29 is 14.5 Å². The van der Waals surface area contributed by atoms with Crippen molar-refractivity contribution in [3.63, 3.8) is 0 Å². The van der Waals surface area contributed by atoms with E-state index in [1.54, 1.807) is 37.6 Å². The minimum absolute atomic E-state index is 0.0674. The number of pyridine rings is 1. The first-order valence-electron chi connectivity index (χ1n) is 8.88. The number of nitrogens with zero attached hydrogens (tertiary/aromatic N) is 3. The van der Waals surface area contributed by atoms with Gasteiger partial charge in [-0.2, -0.15) is 5.10 Å². The molecule has 2 aromatic carbocycles. The first kappa shape index (κ1) is 20.5. The number of nitro benzene ring substituents is 1. The van der Waals surface area contributed by atoms with Crippen molar-refractivity contribution in [2.75, 3.05) is 7.11 Å². The Hall–Kier alpha value is -4.27. The minimum Gasteiger partial charge on any atom is -0.497 e. The highest BCUT2D eigenvalue weighted by molar-refractivity contribution is 5.94. The number of aromatic nitrogens is 1. The van der Waals surface area contributed by atoms with Crippen molar-refractivity contribution in [1.82, 2.24) is 9.99 Å². The van der Waals surface area contributed by atoms with Crippen molar-refractivity contribution >= 4 is 17.8 Å². The fraction of sp³-hybridized carbons (Fsp3) is 0.0952. The summed E-state index contributed by atoms with van der Waals surface area (Å²) >= 11 is 0. The van der Waals surface area contributed by atoms with Gasteiger partial charge >= 0.3 is 0 Å². The van der Waals surface area contributed by atoms with E-state index < -0.39 is 16.4 Å². The molecule has 0 aliphatic heterocycles. The van der Waals surface area contributed by atoms with E-state index in [-0.39, 0.29) is 11.3 Å². The molecule has 1 heterocycles. The summed E-state index contributed by atoms with van der Waals surface area (Å²) in [7, 11) is 1.57. The fourth-order valence-corrected chi connectivity index (χ4v) is 2.71. The molecule has 1 aromatic heterocycles. The fourth-order valence-electron chi connectivity index (χ4n) is 2.71. The average molecular weight is 406 g/mol. The Morgan fingerprint density at radius 2 is 1.97 bits per heavy atom. The molecule has 0 saturated heterocycles. The molecule has 1 N–H and O–H groups in total. The maximum absolute atomic E-state index is 12.6. The van der Waals surface area contributed by atoms with Gasteiger partial charge in [0.25, 0.3) is 17.2 Å². The number of rotatable bonds is 7. The molecule has 0 fully saturated rings. The molecule has 0 bridgehead atoms. The second-order valence-electron chi connectivity index (χ2n) is 6.25. The van der Waals surface area contributed by atoms with Gasteiger partial charge in [0.2, 0.25) is 0 Å². The molecule has 0 unspecified atom stereocenters. The maximum atomic E-state index is 12.6. The Morgan fingerprint density at radius 3 is 2.67 bits per heavy atom. The lowest BCUT2D eigenvalue weighted by atomic mass is 10.2. The Kier molecular flexibility index (Phi) is 6.33. The SMILES string of the molecule is COc1ccc(Cn2cccc(C(=O)N/N=C\c3cccc([N+](=O)[O-])c3)c2=O)cc1. The Morgan fingerprint density at radius 1 is 1.20 bits per heavy atom. The number of amides is 1. The van der Waals surface area contributed by atoms with Gasteiger partial charge in [-0.15, -0.1) is 0 Å². The summed E-state index contributed by atoms with van der Waals surface area (Å²) < 4.78 is 6.53. The van der Waals surface area contributed by atoms with Gasteiger partial charge in [-0.05, 0) is 29.8 Å². The van der Waals surface area contributed by atoms with E-state index >= 15 is 0 Å². The molecule has 0 aliphatic rings. The molecular formula is C21H18N4O5. The highest BCUT2D eigenvalue weighted by Crippen LogP contribution is 2.12. The number of nitro groups is 1. The number of carbonyl (C=O) groups is 1. The van der Waals surface area contributed by atoms with Crippen LogP contribution in [-0.4, -0.2) is 28.7 Å². The number of ether oxygens (including phenoxy) is 1. The van der Waals surface area contributed by atoms with Gasteiger partial charge in [0.1, 0.15) is 11.3 Å². The van der Waals surface area contributed by atoms with Crippen LogP contribution in [0.2, 0.25) is 0 Å². The number of nitrogens with one attached hydrogen (secondary N) is 1. The van der Waals surface area contributed by atoms with Crippen molar-refractivity contribution in [3.8, 4) is 5.75 Å². The number of methoxy groups -OCH3 is 1. The molecule has 3 rings (SSSR count). The van der Waals surface area contributed by atoms with Gasteiger partial charge in [-0.25, -0.2) is 5.43 Å². The Labute approximate surface area is 171 Å². The molecule has 0 spiro atoms. The van der Waals surface area contributed by atoms with Crippen LogP contribution in [-0.2, 0) is 6.54 Å². The van der Waals surface area contributed by atoms with E-state index in [1.165, 1.54) is 35.0 Å². The number of carbonyl (C=O) groups excluding carboxylic acids is 1. The molecule has 3 aromatic rings. The number of hydrazone groups is 1. The third kappa shape index (κ3) is 4.96. The monoisotopic (exact) mass is 406 g/mol. The summed E-state index contributed by atoms with van der Waals surface area (Å²) in [5.74, 6) is 0.0339. The standard InChI is InChI=1S/C21H18N4O5/c1-30-18-9-7-15(8-10-18)14-24-11-3-6-19(21(24)27)20(26)23-22-13-16-4-2-5-17(12-16)25(28)29/h2-13H,14H2,1H3,(H,23,26)/b22-13-. The number of benzene rings is 2. The molecule has 9 nitrogen and oxygen atoms in total. The van der Waals surface area contributed by atoms with E-state index in [9.17, 15) is 19.7 Å². The molecule has 0 atom stereocenters. The summed E-state index contributed by atoms with van der Waals surface area (Å²) in [6, 6.07) is 16.0. The smallest absolute Gasteiger partial charge is 0.276 e. The molecule has 152 valence electrons. The lowest BCUT2D eigenvalue weighted by Gasteiger charge is -2.08. The highest BCUT2D eigenvalue weighted by Gasteiger charge is 2.12. The summed E-state index contributed by atoms with van der Waals surface area (Å²) in [4.78, 5) is 35.3. The van der Waals surface area contributed by atoms with Gasteiger partial charge in [-0.3, -0.25) is 19.7 Å². The molecule has 9 heteroatoms. The van der Waals surface area contributed by atoms with Crippen LogP contribution < -0.4 is 15.7 Å². The van der Waals surface area contributed by atoms with E-state index in [1.807, 2.05) is 12.1 Å². The van der Waals surface area contributed by atoms with Crippen LogP contribution in [0.15, 0.2) is 76.8 Å². The summed E-state index contributed by atoms with van der Waals surface area (Å²) in [5.41, 5.74) is 2.97. The predicted molar refractivity (Wildman–Crippen MR) is 111 cm³/mol. The van der Waals surface area contributed by atoms with E-state index in [2.05, 4.69) is 10.5 Å². The molecule has 1 amide bonds. The van der Waals surface area contributed by atoms with Crippen LogP contribution in [0.1, 0.15) is 21.5 Å². The van der Waals surface area contributed by atoms with Crippen molar-refractivity contribution in [1.29, 1.82) is 0 Å². The predicted octanol–water partition coefficient (Wildman–Crippen LogP) is 2.58. The second kappa shape index (κ2) is 9.28. The van der Waals surface area contributed by atoms with Crippen molar-refractivity contribution in [2.24, 2.45) is 5.10 Å². The molecular weight excluding hydrogens is 388 g/mol. The van der Waals surface area contributed by atoms with Gasteiger partial charge in [0.05, 0.1) is 24.8 Å². The van der Waals surface area contributed by atoms with E-state index in [0.29, 0.717) is 17.9 Å². The summed E-state index contributed by atoms with van der Waals surface area (Å²) in [6.45, 7) is 0.293. The first-order valence-corrected chi connectivity index (χ1v) is 8.88. The Balaban J connectivity index is 1.71. The van der Waals surface area contributed by atoms with Crippen LogP contribution in [0.3, 0.4) is 0 Å². The molecule has 30 heavy (non-hydrogen) atoms. The normalized spacial score (nSPS) is 10.7.